The third-order valence-electron chi connectivity index (χ3n) is 6.75. The number of oxime groups is 1. The minimum Gasteiger partial charge on any atom is -0.379 e. The Morgan fingerprint density at radius 1 is 1.12 bits per heavy atom. The Bertz CT molecular complexity index is 1380. The van der Waals surface area contributed by atoms with Crippen LogP contribution in [0, 0.1) is 6.92 Å². The van der Waals surface area contributed by atoms with Crippen LogP contribution in [0.3, 0.4) is 0 Å². The van der Waals surface area contributed by atoms with Crippen molar-refractivity contribution in [3.63, 3.8) is 0 Å². The maximum absolute atomic E-state index is 6.29. The number of aromatic nitrogens is 4. The Morgan fingerprint density at radius 3 is 2.76 bits per heavy atom. The first kappa shape index (κ1) is 20.4. The van der Waals surface area contributed by atoms with Gasteiger partial charge in [0.2, 0.25) is 11.4 Å². The molecule has 6 rings (SSSR count). The Morgan fingerprint density at radius 2 is 1.94 bits per heavy atom. The van der Waals surface area contributed by atoms with Crippen LogP contribution in [0.5, 0.6) is 0 Å². The van der Waals surface area contributed by atoms with E-state index in [-0.39, 0.29) is 0 Å². The highest BCUT2D eigenvalue weighted by Crippen LogP contribution is 2.38. The molecule has 7 nitrogen and oxygen atoms in total. The van der Waals surface area contributed by atoms with Crippen LogP contribution in [0.2, 0.25) is 5.02 Å². The van der Waals surface area contributed by atoms with E-state index in [9.17, 15) is 0 Å². The molecule has 2 aliphatic rings. The fraction of sp³-hybridized carbons (Fsp3) is 0.360. The summed E-state index contributed by atoms with van der Waals surface area (Å²) >= 11 is 6.29. The summed E-state index contributed by atoms with van der Waals surface area (Å²) in [6.45, 7) is 3.99. The van der Waals surface area contributed by atoms with E-state index in [1.54, 1.807) is 6.07 Å². The van der Waals surface area contributed by atoms with Crippen molar-refractivity contribution in [3.8, 4) is 11.4 Å². The summed E-state index contributed by atoms with van der Waals surface area (Å²) in [5.74, 6) is 0.815. The molecule has 3 heterocycles. The Kier molecular flexibility index (Phi) is 4.76. The lowest BCUT2D eigenvalue weighted by Crippen LogP contribution is -2.22. The van der Waals surface area contributed by atoms with Crippen molar-refractivity contribution in [1.29, 1.82) is 0 Å². The second-order valence-electron chi connectivity index (χ2n) is 9.14. The van der Waals surface area contributed by atoms with Gasteiger partial charge in [-0.15, -0.1) is 0 Å². The average molecular weight is 462 g/mol. The zero-order chi connectivity index (χ0) is 22.6. The molecule has 8 heteroatoms. The quantitative estimate of drug-likeness (QED) is 0.361. The van der Waals surface area contributed by atoms with Crippen molar-refractivity contribution in [1.82, 2.24) is 19.9 Å². The number of rotatable bonds is 4. The van der Waals surface area contributed by atoms with Gasteiger partial charge < -0.3 is 9.36 Å². The minimum absolute atomic E-state index is 0.379. The summed E-state index contributed by atoms with van der Waals surface area (Å²) in [7, 11) is 0. The van der Waals surface area contributed by atoms with Crippen molar-refractivity contribution in [2.24, 2.45) is 5.16 Å². The van der Waals surface area contributed by atoms with Crippen molar-refractivity contribution in [2.45, 2.75) is 57.6 Å². The average Bonchev–Trinajstić information content (AvgIpc) is 3.61. The van der Waals surface area contributed by atoms with Gasteiger partial charge in [-0.3, -0.25) is 4.68 Å². The SMILES string of the molecule is Cc1nn(C2CCCC2)c2cc(C3=NOC(C)(c4nc(-c5ccccc5Cl)no4)C3)ccc12. The van der Waals surface area contributed by atoms with Crippen molar-refractivity contribution >= 4 is 28.2 Å². The maximum atomic E-state index is 6.29. The smallest absolute Gasteiger partial charge is 0.274 e. The van der Waals surface area contributed by atoms with Gasteiger partial charge in [-0.2, -0.15) is 10.1 Å². The molecule has 0 amide bonds. The highest BCUT2D eigenvalue weighted by atomic mass is 35.5. The molecule has 1 saturated carbocycles. The van der Waals surface area contributed by atoms with E-state index in [0.29, 0.717) is 29.2 Å². The number of hydrogen-bond acceptors (Lipinski definition) is 6. The first-order chi connectivity index (χ1) is 16.0. The van der Waals surface area contributed by atoms with E-state index >= 15 is 0 Å². The second kappa shape index (κ2) is 7.70. The first-order valence-corrected chi connectivity index (χ1v) is 11.7. The van der Waals surface area contributed by atoms with Gasteiger partial charge in [0.25, 0.3) is 5.89 Å². The molecule has 1 aliphatic carbocycles. The summed E-state index contributed by atoms with van der Waals surface area (Å²) < 4.78 is 7.79. The highest BCUT2D eigenvalue weighted by Gasteiger charge is 2.42. The summed E-state index contributed by atoms with van der Waals surface area (Å²) in [5, 5.41) is 15.1. The number of aryl methyl sites for hydroxylation is 1. The van der Waals surface area contributed by atoms with E-state index in [4.69, 9.17) is 26.1 Å². The van der Waals surface area contributed by atoms with E-state index in [0.717, 1.165) is 28.0 Å². The van der Waals surface area contributed by atoms with Crippen LogP contribution in [-0.4, -0.2) is 25.6 Å². The van der Waals surface area contributed by atoms with Gasteiger partial charge in [0.1, 0.15) is 0 Å². The molecule has 0 bridgehead atoms. The largest absolute Gasteiger partial charge is 0.379 e. The molecule has 1 atom stereocenters. The molecule has 0 spiro atoms. The summed E-state index contributed by atoms with van der Waals surface area (Å²) in [4.78, 5) is 10.4. The molecule has 168 valence electrons. The van der Waals surface area contributed by atoms with E-state index < -0.39 is 5.60 Å². The third kappa shape index (κ3) is 3.42. The Balaban J connectivity index is 1.29. The van der Waals surface area contributed by atoms with Gasteiger partial charge in [-0.05, 0) is 44.9 Å². The van der Waals surface area contributed by atoms with Gasteiger partial charge in [-0.1, -0.05) is 59.0 Å². The van der Waals surface area contributed by atoms with Crippen molar-refractivity contribution in [2.75, 3.05) is 0 Å². The lowest BCUT2D eigenvalue weighted by Gasteiger charge is -2.15. The Labute approximate surface area is 196 Å². The van der Waals surface area contributed by atoms with Crippen LogP contribution < -0.4 is 0 Å². The summed E-state index contributed by atoms with van der Waals surface area (Å²) in [6, 6.07) is 14.3. The zero-order valence-electron chi connectivity index (χ0n) is 18.6. The lowest BCUT2D eigenvalue weighted by molar-refractivity contribution is -0.0313. The molecule has 33 heavy (non-hydrogen) atoms. The zero-order valence-corrected chi connectivity index (χ0v) is 19.3. The summed E-state index contributed by atoms with van der Waals surface area (Å²) in [5.41, 5.74) is 3.99. The van der Waals surface area contributed by atoms with Crippen LogP contribution >= 0.6 is 11.6 Å². The lowest BCUT2D eigenvalue weighted by atomic mass is 9.95. The third-order valence-corrected chi connectivity index (χ3v) is 7.08. The van der Waals surface area contributed by atoms with Crippen molar-refractivity contribution < 1.29 is 9.36 Å². The monoisotopic (exact) mass is 461 g/mol. The molecule has 0 saturated heterocycles. The van der Waals surface area contributed by atoms with Gasteiger partial charge >= 0.3 is 0 Å². The molecular weight excluding hydrogens is 438 g/mol. The molecule has 4 aromatic rings. The van der Waals surface area contributed by atoms with Gasteiger partial charge in [-0.25, -0.2) is 0 Å². The summed E-state index contributed by atoms with van der Waals surface area (Å²) in [6.07, 6.45) is 5.44. The van der Waals surface area contributed by atoms with Crippen LogP contribution in [0.4, 0.5) is 0 Å². The van der Waals surface area contributed by atoms with E-state index in [1.807, 2.05) is 25.1 Å². The molecular formula is C25H24ClN5O2. The topological polar surface area (TPSA) is 78.3 Å². The number of hydrogen-bond donors (Lipinski definition) is 0. The molecule has 0 radical (unpaired) electrons. The maximum Gasteiger partial charge on any atom is 0.274 e. The van der Waals surface area contributed by atoms with Crippen LogP contribution in [0.25, 0.3) is 22.3 Å². The van der Waals surface area contributed by atoms with Crippen LogP contribution in [0.15, 0.2) is 52.1 Å². The normalized spacial score (nSPS) is 21.0. The van der Waals surface area contributed by atoms with Gasteiger partial charge in [0, 0.05) is 22.9 Å². The second-order valence-corrected chi connectivity index (χ2v) is 9.55. The Hall–Kier alpha value is -3.19. The predicted octanol–water partition coefficient (Wildman–Crippen LogP) is 6.20. The number of benzene rings is 2. The van der Waals surface area contributed by atoms with E-state index in [2.05, 4.69) is 45.1 Å². The highest BCUT2D eigenvalue weighted by molar-refractivity contribution is 6.33. The fourth-order valence-electron chi connectivity index (χ4n) is 4.90. The molecule has 2 aromatic heterocycles. The molecule has 1 aliphatic heterocycles. The van der Waals surface area contributed by atoms with Crippen molar-refractivity contribution in [3.05, 3.63) is 64.6 Å². The first-order valence-electron chi connectivity index (χ1n) is 11.4. The molecule has 0 N–H and O–H groups in total. The number of halogens is 1. The fourth-order valence-corrected chi connectivity index (χ4v) is 5.12. The molecule has 2 aromatic carbocycles. The van der Waals surface area contributed by atoms with Crippen LogP contribution in [0.1, 0.15) is 62.2 Å². The standard InChI is InChI=1S/C25H24ClN5O2/c1-15-18-12-11-16(13-22(18)31(28-15)17-7-3-4-8-17)21-14-25(2,33-29-21)24-27-23(30-32-24)19-9-5-6-10-20(19)26/h5-6,9-13,17H,3-4,7-8,14H2,1-2H3. The number of fused-ring (bicyclic) bond motifs is 1. The minimum atomic E-state index is -0.835. The predicted molar refractivity (Wildman–Crippen MR) is 126 cm³/mol. The van der Waals surface area contributed by atoms with Gasteiger partial charge in [0.05, 0.1) is 28.0 Å². The van der Waals surface area contributed by atoms with E-state index in [1.165, 1.54) is 31.1 Å². The molecule has 1 fully saturated rings. The van der Waals surface area contributed by atoms with Gasteiger partial charge in [0.15, 0.2) is 0 Å². The molecule has 1 unspecified atom stereocenters. The van der Waals surface area contributed by atoms with Crippen LogP contribution in [-0.2, 0) is 10.4 Å². The number of nitrogens with zero attached hydrogens (tertiary/aromatic N) is 5.